The monoisotopic (exact) mass is 240 g/mol. The van der Waals surface area contributed by atoms with Crippen molar-refractivity contribution in [3.8, 4) is 11.6 Å². The number of allylic oxidation sites excluding steroid dienone is 1. The molecule has 92 valence electrons. The van der Waals surface area contributed by atoms with Crippen molar-refractivity contribution >= 4 is 0 Å². The summed E-state index contributed by atoms with van der Waals surface area (Å²) < 4.78 is 5.75. The molecule has 1 aromatic carbocycles. The number of hydrogen-bond donors (Lipinski definition) is 0. The van der Waals surface area contributed by atoms with E-state index in [0.29, 0.717) is 5.88 Å². The van der Waals surface area contributed by atoms with Crippen molar-refractivity contribution < 1.29 is 4.74 Å². The van der Waals surface area contributed by atoms with Crippen LogP contribution in [0.3, 0.4) is 0 Å². The van der Waals surface area contributed by atoms with Crippen molar-refractivity contribution in [1.82, 2.24) is 10.2 Å². The molecule has 0 unspecified atom stereocenters. The average Bonchev–Trinajstić information content (AvgIpc) is 2.34. The highest BCUT2D eigenvalue weighted by molar-refractivity contribution is 5.38. The van der Waals surface area contributed by atoms with Gasteiger partial charge in [0, 0.05) is 6.07 Å². The maximum Gasteiger partial charge on any atom is 0.238 e. The highest BCUT2D eigenvalue weighted by Crippen LogP contribution is 2.25. The smallest absolute Gasteiger partial charge is 0.238 e. The molecule has 0 spiro atoms. The van der Waals surface area contributed by atoms with E-state index in [1.54, 1.807) is 0 Å². The van der Waals surface area contributed by atoms with Gasteiger partial charge in [-0.1, -0.05) is 30.4 Å². The predicted octanol–water partition coefficient (Wildman–Crippen LogP) is 3.70. The summed E-state index contributed by atoms with van der Waals surface area (Å²) >= 11 is 0. The Labute approximate surface area is 107 Å². The molecule has 3 heteroatoms. The molecule has 1 aromatic heterocycles. The lowest BCUT2D eigenvalue weighted by molar-refractivity contribution is 0.450. The van der Waals surface area contributed by atoms with E-state index >= 15 is 0 Å². The number of nitrogens with zero attached hydrogens (tertiary/aromatic N) is 2. The minimum absolute atomic E-state index is 0.509. The zero-order chi connectivity index (χ0) is 13.0. The molecule has 0 fully saturated rings. The quantitative estimate of drug-likeness (QED) is 0.764. The summed E-state index contributed by atoms with van der Waals surface area (Å²) in [6.07, 6.45) is 0.801. The van der Waals surface area contributed by atoms with E-state index in [0.717, 1.165) is 29.0 Å². The molecular formula is C15H16N2O. The number of rotatable bonds is 4. The van der Waals surface area contributed by atoms with Crippen LogP contribution in [0.15, 0.2) is 48.6 Å². The fourth-order valence-corrected chi connectivity index (χ4v) is 1.63. The number of benzene rings is 1. The summed E-state index contributed by atoms with van der Waals surface area (Å²) in [5.41, 5.74) is 3.07. The molecule has 0 amide bonds. The summed E-state index contributed by atoms with van der Waals surface area (Å²) in [5.74, 6) is 1.31. The van der Waals surface area contributed by atoms with E-state index < -0.39 is 0 Å². The molecule has 0 radical (unpaired) electrons. The highest BCUT2D eigenvalue weighted by atomic mass is 16.5. The molecule has 0 saturated carbocycles. The second-order valence-electron chi connectivity index (χ2n) is 4.36. The van der Waals surface area contributed by atoms with Crippen LogP contribution in [0.5, 0.6) is 11.6 Å². The molecule has 18 heavy (non-hydrogen) atoms. The molecule has 2 aromatic rings. The van der Waals surface area contributed by atoms with Gasteiger partial charge in [-0.2, -0.15) is 5.10 Å². The van der Waals surface area contributed by atoms with Gasteiger partial charge in [-0.05, 0) is 38.0 Å². The first-order valence-corrected chi connectivity index (χ1v) is 5.85. The Balaban J connectivity index is 2.23. The first-order chi connectivity index (χ1) is 8.65. The van der Waals surface area contributed by atoms with Crippen molar-refractivity contribution in [2.24, 2.45) is 0 Å². The Bertz CT molecular complexity index is 547. The first-order valence-electron chi connectivity index (χ1n) is 5.85. The molecule has 0 atom stereocenters. The van der Waals surface area contributed by atoms with Gasteiger partial charge in [0.05, 0.1) is 5.69 Å². The van der Waals surface area contributed by atoms with Crippen LogP contribution in [-0.2, 0) is 6.42 Å². The van der Waals surface area contributed by atoms with E-state index in [4.69, 9.17) is 4.74 Å². The summed E-state index contributed by atoms with van der Waals surface area (Å²) in [7, 11) is 0. The van der Waals surface area contributed by atoms with E-state index in [1.165, 1.54) is 0 Å². The fourth-order valence-electron chi connectivity index (χ4n) is 1.63. The van der Waals surface area contributed by atoms with Crippen LogP contribution in [0.4, 0.5) is 0 Å². The minimum atomic E-state index is 0.509. The summed E-state index contributed by atoms with van der Waals surface area (Å²) in [6.45, 7) is 7.82. The molecule has 3 nitrogen and oxygen atoms in total. The molecule has 0 N–H and O–H groups in total. The Kier molecular flexibility index (Phi) is 3.72. The zero-order valence-corrected chi connectivity index (χ0v) is 10.7. The van der Waals surface area contributed by atoms with E-state index in [2.05, 4.69) is 16.8 Å². The van der Waals surface area contributed by atoms with E-state index in [-0.39, 0.29) is 0 Å². The number of aryl methyl sites for hydroxylation is 1. The molecule has 1 heterocycles. The lowest BCUT2D eigenvalue weighted by atomic mass is 10.1. The average molecular weight is 240 g/mol. The Morgan fingerprint density at radius 1 is 1.17 bits per heavy atom. The van der Waals surface area contributed by atoms with Crippen molar-refractivity contribution in [3.63, 3.8) is 0 Å². The van der Waals surface area contributed by atoms with Gasteiger partial charge >= 0.3 is 0 Å². The Morgan fingerprint density at radius 2 is 1.94 bits per heavy atom. The molecule has 0 aliphatic heterocycles. The van der Waals surface area contributed by atoms with Gasteiger partial charge in [-0.25, -0.2) is 0 Å². The second-order valence-corrected chi connectivity index (χ2v) is 4.36. The largest absolute Gasteiger partial charge is 0.437 e. The normalized spacial score (nSPS) is 10.1. The number of para-hydroxylation sites is 1. The van der Waals surface area contributed by atoms with Gasteiger partial charge < -0.3 is 4.74 Å². The highest BCUT2D eigenvalue weighted by Gasteiger charge is 2.05. The second kappa shape index (κ2) is 5.45. The zero-order valence-electron chi connectivity index (χ0n) is 10.7. The summed E-state index contributed by atoms with van der Waals surface area (Å²) in [5, 5.41) is 7.97. The van der Waals surface area contributed by atoms with Crippen molar-refractivity contribution in [2.45, 2.75) is 20.3 Å². The molecule has 0 saturated heterocycles. The Morgan fingerprint density at radius 3 is 2.61 bits per heavy atom. The van der Waals surface area contributed by atoms with Gasteiger partial charge in [0.2, 0.25) is 5.88 Å². The third-order valence-electron chi connectivity index (χ3n) is 2.45. The van der Waals surface area contributed by atoms with Crippen LogP contribution < -0.4 is 4.74 Å². The minimum Gasteiger partial charge on any atom is -0.437 e. The van der Waals surface area contributed by atoms with Gasteiger partial charge in [-0.15, -0.1) is 5.10 Å². The molecular weight excluding hydrogens is 224 g/mol. The maximum absolute atomic E-state index is 5.75. The molecule has 0 bridgehead atoms. The van der Waals surface area contributed by atoms with Crippen LogP contribution >= 0.6 is 0 Å². The van der Waals surface area contributed by atoms with Crippen LogP contribution in [-0.4, -0.2) is 10.2 Å². The van der Waals surface area contributed by atoms with E-state index in [9.17, 15) is 0 Å². The standard InChI is InChI=1S/C15H16N2O/c1-11(2)10-13-6-4-5-7-14(13)18-15-9-8-12(3)16-17-15/h4-9H,1,10H2,2-3H3. The van der Waals surface area contributed by atoms with Crippen LogP contribution in [0.25, 0.3) is 0 Å². The van der Waals surface area contributed by atoms with Crippen molar-refractivity contribution in [1.29, 1.82) is 0 Å². The SMILES string of the molecule is C=C(C)Cc1ccccc1Oc1ccc(C)nn1. The van der Waals surface area contributed by atoms with Crippen molar-refractivity contribution in [3.05, 3.63) is 59.8 Å². The molecule has 2 rings (SSSR count). The molecule has 0 aliphatic carbocycles. The topological polar surface area (TPSA) is 35.0 Å². The lowest BCUT2D eigenvalue weighted by Gasteiger charge is -2.09. The van der Waals surface area contributed by atoms with Gasteiger partial charge in [0.1, 0.15) is 5.75 Å². The maximum atomic E-state index is 5.75. The first kappa shape index (κ1) is 12.3. The van der Waals surface area contributed by atoms with Crippen LogP contribution in [0.1, 0.15) is 18.2 Å². The lowest BCUT2D eigenvalue weighted by Crippen LogP contribution is -1.95. The van der Waals surface area contributed by atoms with Gasteiger partial charge in [0.15, 0.2) is 0 Å². The van der Waals surface area contributed by atoms with Crippen molar-refractivity contribution in [2.75, 3.05) is 0 Å². The fraction of sp³-hybridized carbons (Fsp3) is 0.200. The van der Waals surface area contributed by atoms with Gasteiger partial charge in [0.25, 0.3) is 0 Å². The van der Waals surface area contributed by atoms with E-state index in [1.807, 2.05) is 50.2 Å². The summed E-state index contributed by atoms with van der Waals surface area (Å²) in [6, 6.07) is 11.6. The van der Waals surface area contributed by atoms with Crippen LogP contribution in [0.2, 0.25) is 0 Å². The third-order valence-corrected chi connectivity index (χ3v) is 2.45. The number of hydrogen-bond acceptors (Lipinski definition) is 3. The summed E-state index contributed by atoms with van der Waals surface area (Å²) in [4.78, 5) is 0. The van der Waals surface area contributed by atoms with Crippen LogP contribution in [0, 0.1) is 6.92 Å². The molecule has 0 aliphatic rings. The third kappa shape index (κ3) is 3.17. The predicted molar refractivity (Wildman–Crippen MR) is 71.8 cm³/mol. The Hall–Kier alpha value is -2.16. The number of aromatic nitrogens is 2. The van der Waals surface area contributed by atoms with Gasteiger partial charge in [-0.3, -0.25) is 0 Å². The number of ether oxygens (including phenoxy) is 1.